The van der Waals surface area contributed by atoms with E-state index in [1.54, 1.807) is 0 Å². The molecule has 0 aromatic carbocycles. The van der Waals surface area contributed by atoms with Gasteiger partial charge < -0.3 is 17.8 Å². The molecule has 1 aliphatic rings. The van der Waals surface area contributed by atoms with Crippen LogP contribution >= 0.6 is 0 Å². The lowest BCUT2D eigenvalue weighted by atomic mass is 10.1. The Hall–Kier alpha value is 0.274. The first-order valence-corrected chi connectivity index (χ1v) is 15.7. The maximum absolute atomic E-state index is 6.13. The maximum atomic E-state index is 6.13. The SMILES string of the molecule is CCO[Si](C)(CCCCCCCCN1CCC[Si]1(C)OCC)OCC. The fraction of sp³-hybridized carbons (Fsp3) is 1.00. The van der Waals surface area contributed by atoms with Crippen molar-refractivity contribution in [3.05, 3.63) is 0 Å². The van der Waals surface area contributed by atoms with Crippen LogP contribution in [0.3, 0.4) is 0 Å². The maximum Gasteiger partial charge on any atom is 0.334 e. The van der Waals surface area contributed by atoms with Crippen LogP contribution in [0.2, 0.25) is 25.2 Å². The summed E-state index contributed by atoms with van der Waals surface area (Å²) in [4.78, 5) is 0. The van der Waals surface area contributed by atoms with Crippen molar-refractivity contribution in [2.24, 2.45) is 0 Å². The summed E-state index contributed by atoms with van der Waals surface area (Å²) in [5.74, 6) is 0. The van der Waals surface area contributed by atoms with Crippen molar-refractivity contribution in [1.82, 2.24) is 4.57 Å². The van der Waals surface area contributed by atoms with Crippen LogP contribution in [0.1, 0.15) is 65.7 Å². The first kappa shape index (κ1) is 23.3. The highest BCUT2D eigenvalue weighted by atomic mass is 28.4. The van der Waals surface area contributed by atoms with Crippen LogP contribution in [0, 0.1) is 0 Å². The van der Waals surface area contributed by atoms with E-state index in [1.807, 2.05) is 0 Å². The highest BCUT2D eigenvalue weighted by Gasteiger charge is 2.40. The molecule has 1 fully saturated rings. The summed E-state index contributed by atoms with van der Waals surface area (Å²) in [6, 6.07) is 2.46. The van der Waals surface area contributed by atoms with Crippen molar-refractivity contribution >= 4 is 17.0 Å². The summed E-state index contributed by atoms with van der Waals surface area (Å²) in [6.07, 6.45) is 9.32. The zero-order valence-corrected chi connectivity index (χ0v) is 19.6. The fourth-order valence-electron chi connectivity index (χ4n) is 4.07. The molecule has 0 spiro atoms. The van der Waals surface area contributed by atoms with Crippen LogP contribution in [0.25, 0.3) is 0 Å². The van der Waals surface area contributed by atoms with Gasteiger partial charge in [0.15, 0.2) is 0 Å². The molecule has 25 heavy (non-hydrogen) atoms. The number of hydrogen-bond donors (Lipinski definition) is 0. The van der Waals surface area contributed by atoms with Gasteiger partial charge >= 0.3 is 8.56 Å². The van der Waals surface area contributed by atoms with E-state index in [0.29, 0.717) is 0 Å². The van der Waals surface area contributed by atoms with Crippen molar-refractivity contribution in [2.45, 2.75) is 90.9 Å². The average Bonchev–Trinajstić information content (AvgIpc) is 2.91. The topological polar surface area (TPSA) is 30.9 Å². The lowest BCUT2D eigenvalue weighted by molar-refractivity contribution is 0.188. The summed E-state index contributed by atoms with van der Waals surface area (Å²) in [5.41, 5.74) is 0. The molecule has 0 aromatic heterocycles. The summed E-state index contributed by atoms with van der Waals surface area (Å²) in [5, 5.41) is 0. The summed E-state index contributed by atoms with van der Waals surface area (Å²) in [6.45, 7) is 15.9. The quantitative estimate of drug-likeness (QED) is 0.281. The zero-order valence-electron chi connectivity index (χ0n) is 17.6. The lowest BCUT2D eigenvalue weighted by Gasteiger charge is -2.32. The molecule has 1 aliphatic heterocycles. The van der Waals surface area contributed by atoms with Gasteiger partial charge in [0.25, 0.3) is 8.48 Å². The molecule has 0 amide bonds. The molecule has 1 rings (SSSR count). The lowest BCUT2D eigenvalue weighted by Crippen LogP contribution is -2.49. The van der Waals surface area contributed by atoms with E-state index in [1.165, 1.54) is 64.1 Å². The number of rotatable bonds is 15. The summed E-state index contributed by atoms with van der Waals surface area (Å²) >= 11 is 0. The normalized spacial score (nSPS) is 22.0. The van der Waals surface area contributed by atoms with Gasteiger partial charge in [-0.05, 0) is 71.9 Å². The largest absolute Gasteiger partial charge is 0.403 e. The first-order valence-electron chi connectivity index (χ1n) is 10.7. The molecular weight excluding hydrogens is 346 g/mol. The van der Waals surface area contributed by atoms with Crippen LogP contribution in [-0.4, -0.2) is 54.5 Å². The number of hydrogen-bond acceptors (Lipinski definition) is 4. The minimum absolute atomic E-state index is 0.781. The molecule has 6 heteroatoms. The Morgan fingerprint density at radius 2 is 1.48 bits per heavy atom. The van der Waals surface area contributed by atoms with Gasteiger partial charge in [0.1, 0.15) is 0 Å². The van der Waals surface area contributed by atoms with Crippen molar-refractivity contribution in [2.75, 3.05) is 32.9 Å². The summed E-state index contributed by atoms with van der Waals surface area (Å²) < 4.78 is 20.7. The van der Waals surface area contributed by atoms with E-state index in [2.05, 4.69) is 38.4 Å². The predicted octanol–water partition coefficient (Wildman–Crippen LogP) is 5.29. The second kappa shape index (κ2) is 12.6. The number of nitrogens with zero attached hydrogens (tertiary/aromatic N) is 1. The van der Waals surface area contributed by atoms with Crippen LogP contribution in [0.4, 0.5) is 0 Å². The van der Waals surface area contributed by atoms with E-state index >= 15 is 0 Å². The molecule has 0 aliphatic carbocycles. The second-order valence-corrected chi connectivity index (χ2v) is 14.7. The molecule has 1 unspecified atom stereocenters. The van der Waals surface area contributed by atoms with Gasteiger partial charge in [-0.25, -0.2) is 0 Å². The highest BCUT2D eigenvalue weighted by molar-refractivity contribution is 6.70. The Labute approximate surface area is 159 Å². The molecule has 1 saturated heterocycles. The molecule has 0 radical (unpaired) electrons. The molecular formula is C19H43NO3Si2. The van der Waals surface area contributed by atoms with E-state index in [-0.39, 0.29) is 0 Å². The minimum atomic E-state index is -1.88. The van der Waals surface area contributed by atoms with E-state index in [0.717, 1.165) is 25.9 Å². The van der Waals surface area contributed by atoms with Crippen molar-refractivity contribution in [1.29, 1.82) is 0 Å². The van der Waals surface area contributed by atoms with Crippen molar-refractivity contribution in [3.63, 3.8) is 0 Å². The van der Waals surface area contributed by atoms with E-state index < -0.39 is 17.0 Å². The average molecular weight is 390 g/mol. The van der Waals surface area contributed by atoms with E-state index in [9.17, 15) is 0 Å². The minimum Gasteiger partial charge on any atom is -0.403 e. The molecule has 1 heterocycles. The van der Waals surface area contributed by atoms with Gasteiger partial charge in [0.2, 0.25) is 0 Å². The predicted molar refractivity (Wildman–Crippen MR) is 112 cm³/mol. The number of unbranched alkanes of at least 4 members (excludes halogenated alkanes) is 5. The third kappa shape index (κ3) is 8.67. The summed E-state index contributed by atoms with van der Waals surface area (Å²) in [7, 11) is -3.41. The molecule has 0 saturated carbocycles. The van der Waals surface area contributed by atoms with Crippen LogP contribution in [0.5, 0.6) is 0 Å². The molecule has 150 valence electrons. The smallest absolute Gasteiger partial charge is 0.334 e. The Morgan fingerprint density at radius 1 is 0.880 bits per heavy atom. The molecule has 1 atom stereocenters. The van der Waals surface area contributed by atoms with Gasteiger partial charge in [0, 0.05) is 19.8 Å². The molecule has 0 N–H and O–H groups in total. The van der Waals surface area contributed by atoms with Crippen LogP contribution < -0.4 is 0 Å². The van der Waals surface area contributed by atoms with E-state index in [4.69, 9.17) is 13.3 Å². The zero-order chi connectivity index (χ0) is 18.6. The first-order chi connectivity index (χ1) is 12.0. The third-order valence-electron chi connectivity index (χ3n) is 5.40. The van der Waals surface area contributed by atoms with Crippen LogP contribution in [-0.2, 0) is 13.3 Å². The van der Waals surface area contributed by atoms with Crippen molar-refractivity contribution in [3.8, 4) is 0 Å². The van der Waals surface area contributed by atoms with Crippen molar-refractivity contribution < 1.29 is 13.3 Å². The fourth-order valence-corrected chi connectivity index (χ4v) is 9.89. The van der Waals surface area contributed by atoms with Gasteiger partial charge in [-0.2, -0.15) is 0 Å². The van der Waals surface area contributed by atoms with Gasteiger partial charge in [-0.1, -0.05) is 32.1 Å². The van der Waals surface area contributed by atoms with Crippen LogP contribution in [0.15, 0.2) is 0 Å². The molecule has 0 aromatic rings. The monoisotopic (exact) mass is 389 g/mol. The molecule has 4 nitrogen and oxygen atoms in total. The van der Waals surface area contributed by atoms with Gasteiger partial charge in [-0.15, -0.1) is 0 Å². The van der Waals surface area contributed by atoms with Gasteiger partial charge in [0.05, 0.1) is 0 Å². The third-order valence-corrected chi connectivity index (χ3v) is 12.4. The molecule has 0 bridgehead atoms. The Morgan fingerprint density at radius 3 is 2.08 bits per heavy atom. The van der Waals surface area contributed by atoms with Gasteiger partial charge in [-0.3, -0.25) is 0 Å². The Bertz CT molecular complexity index is 341. The standard InChI is InChI=1S/C19H43NO3Si2/c1-6-21-24(4)18-15-17-20(24)16-13-11-9-10-12-14-19-25(5,22-7-2)23-8-3/h6-19H2,1-5H3. The highest BCUT2D eigenvalue weighted by Crippen LogP contribution is 2.27. The second-order valence-electron chi connectivity index (χ2n) is 7.57. The Balaban J connectivity index is 2.07. The Kier molecular flexibility index (Phi) is 11.8.